The van der Waals surface area contributed by atoms with Crippen LogP contribution in [0.2, 0.25) is 5.02 Å². The standard InChI is InChI=1S/C13H14Cl2FNO3S/c1-7-2-3-8(4-7)17-13(18)9-5-12(21(15,19)20)11(16)6-10(9)14/h5-8H,2-4H2,1H3,(H,17,18). The lowest BCUT2D eigenvalue weighted by Gasteiger charge is -2.14. The van der Waals surface area contributed by atoms with Gasteiger partial charge in [0.25, 0.3) is 15.0 Å². The summed E-state index contributed by atoms with van der Waals surface area (Å²) in [7, 11) is 0.856. The maximum Gasteiger partial charge on any atom is 0.264 e. The largest absolute Gasteiger partial charge is 0.349 e. The lowest BCUT2D eigenvalue weighted by atomic mass is 10.1. The fourth-order valence-electron chi connectivity index (χ4n) is 2.49. The average molecular weight is 354 g/mol. The summed E-state index contributed by atoms with van der Waals surface area (Å²) in [5.41, 5.74) is -0.100. The highest BCUT2D eigenvalue weighted by Crippen LogP contribution is 2.28. The molecule has 1 aromatic carbocycles. The minimum absolute atomic E-state index is 0.0182. The molecule has 1 saturated carbocycles. The Hall–Kier alpha value is -0.850. The van der Waals surface area contributed by atoms with Crippen LogP contribution in [-0.2, 0) is 9.05 Å². The van der Waals surface area contributed by atoms with Crippen LogP contribution in [-0.4, -0.2) is 20.4 Å². The fourth-order valence-corrected chi connectivity index (χ4v) is 3.63. The molecule has 0 radical (unpaired) electrons. The molecule has 0 aliphatic heterocycles. The molecular formula is C13H14Cl2FNO3S. The van der Waals surface area contributed by atoms with Crippen LogP contribution in [0.25, 0.3) is 0 Å². The second kappa shape index (κ2) is 6.10. The first-order valence-electron chi connectivity index (χ1n) is 6.43. The summed E-state index contributed by atoms with van der Waals surface area (Å²) in [6.45, 7) is 2.09. The number of nitrogens with one attached hydrogen (secondary N) is 1. The maximum atomic E-state index is 13.6. The second-order valence-electron chi connectivity index (χ2n) is 5.29. The summed E-state index contributed by atoms with van der Waals surface area (Å²) in [5, 5.41) is 2.63. The van der Waals surface area contributed by atoms with E-state index in [0.29, 0.717) is 5.92 Å². The maximum absolute atomic E-state index is 13.6. The van der Waals surface area contributed by atoms with Gasteiger partial charge in [0.05, 0.1) is 10.6 Å². The molecule has 1 aromatic rings. The quantitative estimate of drug-likeness (QED) is 0.847. The molecule has 0 bridgehead atoms. The molecule has 4 nitrogen and oxygen atoms in total. The van der Waals surface area contributed by atoms with Gasteiger partial charge in [-0.25, -0.2) is 12.8 Å². The van der Waals surface area contributed by atoms with Crippen molar-refractivity contribution in [2.45, 2.75) is 37.1 Å². The van der Waals surface area contributed by atoms with E-state index in [1.807, 2.05) is 0 Å². The summed E-state index contributed by atoms with van der Waals surface area (Å²) >= 11 is 5.82. The van der Waals surface area contributed by atoms with Crippen molar-refractivity contribution < 1.29 is 17.6 Å². The van der Waals surface area contributed by atoms with Gasteiger partial charge >= 0.3 is 0 Å². The first kappa shape index (κ1) is 16.5. The molecule has 1 amide bonds. The van der Waals surface area contributed by atoms with Gasteiger partial charge in [0, 0.05) is 16.7 Å². The molecule has 0 heterocycles. The summed E-state index contributed by atoms with van der Waals surface area (Å²) in [6.07, 6.45) is 2.72. The molecule has 8 heteroatoms. The van der Waals surface area contributed by atoms with Gasteiger partial charge in [0.2, 0.25) is 0 Å². The van der Waals surface area contributed by atoms with Crippen molar-refractivity contribution in [3.8, 4) is 0 Å². The normalized spacial score (nSPS) is 22.3. The monoisotopic (exact) mass is 353 g/mol. The van der Waals surface area contributed by atoms with E-state index < -0.39 is 25.7 Å². The molecule has 0 aromatic heterocycles. The molecule has 21 heavy (non-hydrogen) atoms. The van der Waals surface area contributed by atoms with E-state index >= 15 is 0 Å². The van der Waals surface area contributed by atoms with Crippen molar-refractivity contribution in [3.05, 3.63) is 28.5 Å². The van der Waals surface area contributed by atoms with Crippen molar-refractivity contribution in [1.82, 2.24) is 5.32 Å². The van der Waals surface area contributed by atoms with Crippen LogP contribution in [0.1, 0.15) is 36.5 Å². The average Bonchev–Trinajstić information content (AvgIpc) is 2.72. The van der Waals surface area contributed by atoms with E-state index in [-0.39, 0.29) is 16.6 Å². The Kier molecular flexibility index (Phi) is 4.80. The minimum atomic E-state index is -4.28. The van der Waals surface area contributed by atoms with Gasteiger partial charge in [-0.1, -0.05) is 18.5 Å². The molecule has 1 fully saturated rings. The summed E-state index contributed by atoms with van der Waals surface area (Å²) in [4.78, 5) is 11.4. The molecule has 1 aliphatic carbocycles. The molecule has 1 aliphatic rings. The first-order valence-corrected chi connectivity index (χ1v) is 9.11. The topological polar surface area (TPSA) is 63.2 Å². The van der Waals surface area contributed by atoms with E-state index in [0.717, 1.165) is 31.4 Å². The SMILES string of the molecule is CC1CCC(NC(=O)c2cc(S(=O)(=O)Cl)c(F)cc2Cl)C1. The van der Waals surface area contributed by atoms with Gasteiger partial charge in [0.1, 0.15) is 10.7 Å². The zero-order valence-corrected chi connectivity index (χ0v) is 13.5. The Morgan fingerprint density at radius 1 is 1.38 bits per heavy atom. The van der Waals surface area contributed by atoms with Crippen molar-refractivity contribution >= 4 is 37.2 Å². The predicted octanol–water partition coefficient (Wildman–Crippen LogP) is 3.33. The summed E-state index contributed by atoms with van der Waals surface area (Å²) < 4.78 is 36.1. The Bertz CT molecular complexity index is 678. The van der Waals surface area contributed by atoms with Crippen molar-refractivity contribution in [1.29, 1.82) is 0 Å². The lowest BCUT2D eigenvalue weighted by Crippen LogP contribution is -2.33. The van der Waals surface area contributed by atoms with Gasteiger partial charge in [-0.15, -0.1) is 0 Å². The van der Waals surface area contributed by atoms with E-state index in [1.54, 1.807) is 0 Å². The van der Waals surface area contributed by atoms with Gasteiger partial charge < -0.3 is 5.32 Å². The number of hydrogen-bond donors (Lipinski definition) is 1. The molecule has 1 N–H and O–H groups in total. The number of benzene rings is 1. The fraction of sp³-hybridized carbons (Fsp3) is 0.462. The highest BCUT2D eigenvalue weighted by atomic mass is 35.7. The zero-order valence-electron chi connectivity index (χ0n) is 11.2. The summed E-state index contributed by atoms with van der Waals surface area (Å²) in [6, 6.07) is 1.67. The molecule has 2 unspecified atom stereocenters. The van der Waals surface area contributed by atoms with E-state index in [1.165, 1.54) is 0 Å². The highest BCUT2D eigenvalue weighted by molar-refractivity contribution is 8.13. The third kappa shape index (κ3) is 3.87. The van der Waals surface area contributed by atoms with E-state index in [9.17, 15) is 17.6 Å². The Labute approximate surface area is 132 Å². The lowest BCUT2D eigenvalue weighted by molar-refractivity contribution is 0.0937. The first-order chi connectivity index (χ1) is 9.68. The number of halogens is 3. The molecule has 0 saturated heterocycles. The van der Waals surface area contributed by atoms with Crippen LogP contribution in [0.4, 0.5) is 4.39 Å². The van der Waals surface area contributed by atoms with Crippen molar-refractivity contribution in [2.75, 3.05) is 0 Å². The van der Waals surface area contributed by atoms with Gasteiger partial charge in [-0.05, 0) is 37.3 Å². The van der Waals surface area contributed by atoms with E-state index in [2.05, 4.69) is 12.2 Å². The third-order valence-corrected chi connectivity index (χ3v) is 5.21. The number of amides is 1. The van der Waals surface area contributed by atoms with Gasteiger partial charge in [0.15, 0.2) is 0 Å². The second-order valence-corrected chi connectivity index (χ2v) is 8.23. The molecular weight excluding hydrogens is 340 g/mol. The highest BCUT2D eigenvalue weighted by Gasteiger charge is 2.26. The third-order valence-electron chi connectivity index (χ3n) is 3.56. The van der Waals surface area contributed by atoms with Crippen LogP contribution in [0.15, 0.2) is 17.0 Å². The number of carbonyl (C=O) groups excluding carboxylic acids is 1. The molecule has 116 valence electrons. The van der Waals surface area contributed by atoms with Crippen LogP contribution in [0.3, 0.4) is 0 Å². The number of carbonyl (C=O) groups is 1. The zero-order chi connectivity index (χ0) is 15.8. The molecule has 2 rings (SSSR count). The Morgan fingerprint density at radius 2 is 2.05 bits per heavy atom. The minimum Gasteiger partial charge on any atom is -0.349 e. The number of hydrogen-bond acceptors (Lipinski definition) is 3. The van der Waals surface area contributed by atoms with Crippen LogP contribution < -0.4 is 5.32 Å². The van der Waals surface area contributed by atoms with Gasteiger partial charge in [-0.3, -0.25) is 4.79 Å². The van der Waals surface area contributed by atoms with E-state index in [4.69, 9.17) is 22.3 Å². The Morgan fingerprint density at radius 3 is 2.57 bits per heavy atom. The predicted molar refractivity (Wildman–Crippen MR) is 78.7 cm³/mol. The van der Waals surface area contributed by atoms with Crippen LogP contribution in [0, 0.1) is 11.7 Å². The van der Waals surface area contributed by atoms with Gasteiger partial charge in [-0.2, -0.15) is 0 Å². The van der Waals surface area contributed by atoms with Crippen molar-refractivity contribution in [3.63, 3.8) is 0 Å². The smallest absolute Gasteiger partial charge is 0.264 e. The van der Waals surface area contributed by atoms with Crippen molar-refractivity contribution in [2.24, 2.45) is 5.92 Å². The summed E-state index contributed by atoms with van der Waals surface area (Å²) in [5.74, 6) is -1.08. The number of rotatable bonds is 3. The molecule has 2 atom stereocenters. The van der Waals surface area contributed by atoms with Crippen LogP contribution >= 0.6 is 22.3 Å². The van der Waals surface area contributed by atoms with Crippen LogP contribution in [0.5, 0.6) is 0 Å². The Balaban J connectivity index is 2.29. The molecule has 0 spiro atoms.